The van der Waals surface area contributed by atoms with Crippen molar-refractivity contribution < 1.29 is 9.47 Å². The highest BCUT2D eigenvalue weighted by Gasteiger charge is 2.21. The summed E-state index contributed by atoms with van der Waals surface area (Å²) in [5, 5.41) is 1.16. The maximum atomic E-state index is 5.84. The highest BCUT2D eigenvalue weighted by molar-refractivity contribution is 5.86. The fraction of sp³-hybridized carbons (Fsp3) is 0.500. The predicted molar refractivity (Wildman–Crippen MR) is 76.4 cm³/mol. The fourth-order valence-corrected chi connectivity index (χ4v) is 2.27. The molecule has 3 rings (SSSR count). The molecule has 1 aliphatic rings. The molecule has 3 nitrogen and oxygen atoms in total. The molecule has 19 heavy (non-hydrogen) atoms. The standard InChI is InChI=1S/C16H21NO2/c1-12(2)19-16-5-3-4-15-14(16)8-9-17(15)11-18-10-13-6-7-13/h3-5,8-9,12-13H,6-7,10-11H2,1-2H3. The average Bonchev–Trinajstić information content (AvgIpc) is 3.10. The Bertz CT molecular complexity index is 555. The Balaban J connectivity index is 1.77. The monoisotopic (exact) mass is 259 g/mol. The predicted octanol–water partition coefficient (Wildman–Crippen LogP) is 3.81. The van der Waals surface area contributed by atoms with Gasteiger partial charge in [0, 0.05) is 11.6 Å². The van der Waals surface area contributed by atoms with Gasteiger partial charge in [-0.1, -0.05) is 6.07 Å². The van der Waals surface area contributed by atoms with Crippen molar-refractivity contribution in [1.29, 1.82) is 0 Å². The van der Waals surface area contributed by atoms with Crippen molar-refractivity contribution in [2.24, 2.45) is 5.92 Å². The first-order valence-electron chi connectivity index (χ1n) is 7.06. The first-order valence-corrected chi connectivity index (χ1v) is 7.06. The summed E-state index contributed by atoms with van der Waals surface area (Å²) >= 11 is 0. The molecule has 0 aliphatic heterocycles. The lowest BCUT2D eigenvalue weighted by Gasteiger charge is -2.11. The van der Waals surface area contributed by atoms with E-state index >= 15 is 0 Å². The third-order valence-electron chi connectivity index (χ3n) is 3.42. The third-order valence-corrected chi connectivity index (χ3v) is 3.42. The van der Waals surface area contributed by atoms with Gasteiger partial charge in [0.25, 0.3) is 0 Å². The van der Waals surface area contributed by atoms with E-state index in [-0.39, 0.29) is 6.10 Å². The molecule has 102 valence electrons. The largest absolute Gasteiger partial charge is 0.490 e. The number of nitrogens with zero attached hydrogens (tertiary/aromatic N) is 1. The van der Waals surface area contributed by atoms with E-state index in [9.17, 15) is 0 Å². The van der Waals surface area contributed by atoms with Gasteiger partial charge in [-0.2, -0.15) is 0 Å². The summed E-state index contributed by atoms with van der Waals surface area (Å²) in [5.74, 6) is 1.76. The van der Waals surface area contributed by atoms with Gasteiger partial charge >= 0.3 is 0 Å². The molecule has 1 fully saturated rings. The van der Waals surface area contributed by atoms with Gasteiger partial charge in [0.05, 0.1) is 18.2 Å². The molecule has 0 atom stereocenters. The van der Waals surface area contributed by atoms with Gasteiger partial charge in [-0.05, 0) is 50.8 Å². The molecule has 0 radical (unpaired) electrons. The lowest BCUT2D eigenvalue weighted by molar-refractivity contribution is 0.0717. The minimum atomic E-state index is 0.195. The van der Waals surface area contributed by atoms with E-state index in [1.54, 1.807) is 0 Å². The normalized spacial score (nSPS) is 15.3. The second-order valence-corrected chi connectivity index (χ2v) is 5.58. The maximum Gasteiger partial charge on any atom is 0.129 e. The van der Waals surface area contributed by atoms with Crippen LogP contribution in [0.2, 0.25) is 0 Å². The molecular formula is C16H21NO2. The topological polar surface area (TPSA) is 23.4 Å². The third kappa shape index (κ3) is 2.92. The Morgan fingerprint density at radius 3 is 2.84 bits per heavy atom. The van der Waals surface area contributed by atoms with Crippen LogP contribution >= 0.6 is 0 Å². The molecule has 0 spiro atoms. The molecule has 1 heterocycles. The Kier molecular flexibility index (Phi) is 3.47. The molecule has 1 aliphatic carbocycles. The van der Waals surface area contributed by atoms with Crippen molar-refractivity contribution in [1.82, 2.24) is 4.57 Å². The average molecular weight is 259 g/mol. The molecule has 1 aromatic carbocycles. The van der Waals surface area contributed by atoms with Crippen LogP contribution in [0.4, 0.5) is 0 Å². The van der Waals surface area contributed by atoms with Gasteiger partial charge in [0.15, 0.2) is 0 Å². The van der Waals surface area contributed by atoms with Crippen LogP contribution in [-0.2, 0) is 11.5 Å². The number of hydrogen-bond acceptors (Lipinski definition) is 2. The molecule has 0 N–H and O–H groups in total. The fourth-order valence-electron chi connectivity index (χ4n) is 2.27. The summed E-state index contributed by atoms with van der Waals surface area (Å²) in [6.07, 6.45) is 4.93. The molecule has 2 aromatic rings. The van der Waals surface area contributed by atoms with Crippen LogP contribution in [0.1, 0.15) is 26.7 Å². The molecule has 0 bridgehead atoms. The summed E-state index contributed by atoms with van der Waals surface area (Å²) in [5.41, 5.74) is 1.17. The van der Waals surface area contributed by atoms with E-state index < -0.39 is 0 Å². The first-order chi connectivity index (χ1) is 9.24. The molecule has 1 aromatic heterocycles. The summed E-state index contributed by atoms with van der Waals surface area (Å²) in [4.78, 5) is 0. The highest BCUT2D eigenvalue weighted by atomic mass is 16.5. The van der Waals surface area contributed by atoms with Crippen molar-refractivity contribution in [3.63, 3.8) is 0 Å². The van der Waals surface area contributed by atoms with E-state index in [0.717, 1.165) is 23.7 Å². The van der Waals surface area contributed by atoms with Crippen molar-refractivity contribution in [3.8, 4) is 5.75 Å². The lowest BCUT2D eigenvalue weighted by Crippen LogP contribution is -2.06. The molecule has 0 unspecified atom stereocenters. The van der Waals surface area contributed by atoms with Crippen molar-refractivity contribution in [2.45, 2.75) is 39.5 Å². The first kappa shape index (κ1) is 12.5. The smallest absolute Gasteiger partial charge is 0.129 e. The number of fused-ring (bicyclic) bond motifs is 1. The Hall–Kier alpha value is -1.48. The van der Waals surface area contributed by atoms with Crippen LogP contribution in [0.5, 0.6) is 5.75 Å². The SMILES string of the molecule is CC(C)Oc1cccc2c1ccn2COCC1CC1. The van der Waals surface area contributed by atoms with Gasteiger partial charge in [0.2, 0.25) is 0 Å². The van der Waals surface area contributed by atoms with E-state index in [2.05, 4.69) is 36.7 Å². The quantitative estimate of drug-likeness (QED) is 0.787. The molecule has 1 saturated carbocycles. The van der Waals surface area contributed by atoms with Crippen LogP contribution in [-0.4, -0.2) is 17.3 Å². The van der Waals surface area contributed by atoms with Gasteiger partial charge in [-0.15, -0.1) is 0 Å². The van der Waals surface area contributed by atoms with E-state index in [4.69, 9.17) is 9.47 Å². The lowest BCUT2D eigenvalue weighted by atomic mass is 10.2. The molecule has 3 heteroatoms. The van der Waals surface area contributed by atoms with Gasteiger partial charge in [0.1, 0.15) is 12.5 Å². The molecular weight excluding hydrogens is 238 g/mol. The van der Waals surface area contributed by atoms with Gasteiger partial charge in [-0.25, -0.2) is 0 Å². The highest BCUT2D eigenvalue weighted by Crippen LogP contribution is 2.30. The summed E-state index contributed by atoms with van der Waals surface area (Å²) in [6, 6.07) is 8.28. The Labute approximate surface area is 114 Å². The number of hydrogen-bond donors (Lipinski definition) is 0. The summed E-state index contributed by atoms with van der Waals surface area (Å²) < 4.78 is 13.7. The van der Waals surface area contributed by atoms with E-state index in [0.29, 0.717) is 6.73 Å². The zero-order valence-corrected chi connectivity index (χ0v) is 11.6. The number of benzene rings is 1. The summed E-state index contributed by atoms with van der Waals surface area (Å²) in [7, 11) is 0. The molecule has 0 amide bonds. The van der Waals surface area contributed by atoms with Crippen molar-refractivity contribution in [2.75, 3.05) is 6.61 Å². The zero-order valence-electron chi connectivity index (χ0n) is 11.6. The second kappa shape index (κ2) is 5.25. The Morgan fingerprint density at radius 2 is 2.11 bits per heavy atom. The number of rotatable bonds is 6. The zero-order chi connectivity index (χ0) is 13.2. The minimum Gasteiger partial charge on any atom is -0.490 e. The van der Waals surface area contributed by atoms with E-state index in [1.165, 1.54) is 18.4 Å². The minimum absolute atomic E-state index is 0.195. The van der Waals surface area contributed by atoms with Crippen LogP contribution in [0.15, 0.2) is 30.5 Å². The van der Waals surface area contributed by atoms with Crippen LogP contribution < -0.4 is 4.74 Å². The van der Waals surface area contributed by atoms with Crippen molar-refractivity contribution >= 4 is 10.9 Å². The second-order valence-electron chi connectivity index (χ2n) is 5.58. The maximum absolute atomic E-state index is 5.84. The molecule has 0 saturated heterocycles. The van der Waals surface area contributed by atoms with Gasteiger partial charge in [-0.3, -0.25) is 0 Å². The Morgan fingerprint density at radius 1 is 1.26 bits per heavy atom. The van der Waals surface area contributed by atoms with E-state index in [1.807, 2.05) is 12.1 Å². The van der Waals surface area contributed by atoms with Crippen LogP contribution in [0.25, 0.3) is 10.9 Å². The van der Waals surface area contributed by atoms with Crippen LogP contribution in [0, 0.1) is 5.92 Å². The summed E-state index contributed by atoms with van der Waals surface area (Å²) in [6.45, 7) is 5.62. The van der Waals surface area contributed by atoms with Crippen LogP contribution in [0.3, 0.4) is 0 Å². The number of aromatic nitrogens is 1. The number of ether oxygens (including phenoxy) is 2. The van der Waals surface area contributed by atoms with Gasteiger partial charge < -0.3 is 14.0 Å². The van der Waals surface area contributed by atoms with Crippen molar-refractivity contribution in [3.05, 3.63) is 30.5 Å².